The van der Waals surface area contributed by atoms with Crippen molar-refractivity contribution in [3.05, 3.63) is 79.8 Å². The van der Waals surface area contributed by atoms with Gasteiger partial charge in [-0.25, -0.2) is 14.0 Å². The quantitative estimate of drug-likeness (QED) is 0.433. The molecule has 3 rings (SSSR count). The van der Waals surface area contributed by atoms with Gasteiger partial charge in [0.05, 0.1) is 27.4 Å². The maximum absolute atomic E-state index is 14.8. The van der Waals surface area contributed by atoms with E-state index in [0.717, 1.165) is 6.07 Å². The van der Waals surface area contributed by atoms with Crippen LogP contribution in [0, 0.1) is 5.82 Å². The van der Waals surface area contributed by atoms with Gasteiger partial charge in [-0.05, 0) is 51.1 Å². The third-order valence-corrected chi connectivity index (χ3v) is 5.60. The van der Waals surface area contributed by atoms with Crippen LogP contribution in [0.15, 0.2) is 47.4 Å². The van der Waals surface area contributed by atoms with Crippen LogP contribution in [0.4, 0.5) is 4.39 Å². The number of carbonyl (C=O) groups excluding carboxylic acids is 1. The molecule has 172 valence electrons. The van der Waals surface area contributed by atoms with Gasteiger partial charge in [-0.15, -0.1) is 0 Å². The lowest BCUT2D eigenvalue weighted by Crippen LogP contribution is -2.23. The van der Waals surface area contributed by atoms with Crippen molar-refractivity contribution in [2.45, 2.75) is 33.4 Å². The molecule has 0 aliphatic rings. The summed E-state index contributed by atoms with van der Waals surface area (Å²) in [7, 11) is 0. The number of carboxylic acid groups (broad SMARTS) is 1. The fourth-order valence-corrected chi connectivity index (χ4v) is 3.70. The molecule has 0 radical (unpaired) electrons. The van der Waals surface area contributed by atoms with Crippen LogP contribution in [0.3, 0.4) is 0 Å². The van der Waals surface area contributed by atoms with Crippen molar-refractivity contribution in [2.75, 3.05) is 0 Å². The first-order valence-corrected chi connectivity index (χ1v) is 10.8. The molecule has 0 bridgehead atoms. The lowest BCUT2D eigenvalue weighted by molar-refractivity contribution is 0.0377. The van der Waals surface area contributed by atoms with Crippen molar-refractivity contribution >= 4 is 35.1 Å². The molecule has 33 heavy (non-hydrogen) atoms. The van der Waals surface area contributed by atoms with E-state index in [1.165, 1.54) is 35.0 Å². The number of carboxylic acids is 1. The zero-order valence-electron chi connectivity index (χ0n) is 18.0. The molecule has 0 aliphatic heterocycles. The van der Waals surface area contributed by atoms with Gasteiger partial charge in [0.15, 0.2) is 0 Å². The van der Waals surface area contributed by atoms with Gasteiger partial charge in [-0.2, -0.15) is 0 Å². The van der Waals surface area contributed by atoms with Crippen LogP contribution in [0.2, 0.25) is 10.0 Å². The van der Waals surface area contributed by atoms with Crippen LogP contribution in [-0.2, 0) is 11.3 Å². The Hall–Kier alpha value is -3.16. The van der Waals surface area contributed by atoms with Crippen molar-refractivity contribution in [3.8, 4) is 22.4 Å². The van der Waals surface area contributed by atoms with E-state index < -0.39 is 34.9 Å². The van der Waals surface area contributed by atoms with Crippen LogP contribution in [0.5, 0.6) is 0 Å². The first-order chi connectivity index (χ1) is 15.5. The van der Waals surface area contributed by atoms with Crippen LogP contribution in [0.25, 0.3) is 22.4 Å². The third kappa shape index (κ3) is 4.94. The number of aromatic carboxylic acids is 1. The van der Waals surface area contributed by atoms with Gasteiger partial charge >= 0.3 is 11.9 Å². The zero-order valence-corrected chi connectivity index (χ0v) is 19.5. The number of ether oxygens (including phenoxy) is 1. The number of esters is 1. The Labute approximate surface area is 199 Å². The molecule has 0 aliphatic carbocycles. The highest BCUT2D eigenvalue weighted by molar-refractivity contribution is 6.42. The van der Waals surface area contributed by atoms with Gasteiger partial charge in [0.2, 0.25) is 5.43 Å². The predicted molar refractivity (Wildman–Crippen MR) is 125 cm³/mol. The molecule has 0 amide bonds. The summed E-state index contributed by atoms with van der Waals surface area (Å²) in [5.41, 5.74) is -1.36. The Morgan fingerprint density at radius 2 is 1.79 bits per heavy atom. The number of nitrogens with zero attached hydrogens (tertiary/aromatic N) is 1. The highest BCUT2D eigenvalue weighted by atomic mass is 35.5. The monoisotopic (exact) mass is 491 g/mol. The lowest BCUT2D eigenvalue weighted by atomic mass is 9.97. The largest absolute Gasteiger partial charge is 0.477 e. The second-order valence-electron chi connectivity index (χ2n) is 7.46. The average molecular weight is 492 g/mol. The molecule has 0 saturated carbocycles. The number of pyridine rings is 1. The van der Waals surface area contributed by atoms with Gasteiger partial charge in [0.25, 0.3) is 0 Å². The summed E-state index contributed by atoms with van der Waals surface area (Å²) in [6, 6.07) is 7.96. The molecular weight excluding hydrogens is 472 g/mol. The summed E-state index contributed by atoms with van der Waals surface area (Å²) in [6.45, 7) is 5.35. The minimum absolute atomic E-state index is 0.0352. The standard InChI is InChI=1S/C24H20Cl2FNO5/c1-4-28-11-16(15-9-14(6-8-19(15)27)24(32)33-12(2)3)22(29)20(23(30)31)21(28)13-5-7-17(25)18(26)10-13/h5-12H,4H2,1-3H3,(H,30,31). The third-order valence-electron chi connectivity index (χ3n) is 4.86. The van der Waals surface area contributed by atoms with Crippen molar-refractivity contribution in [1.82, 2.24) is 4.57 Å². The molecule has 0 saturated heterocycles. The summed E-state index contributed by atoms with van der Waals surface area (Å²) in [4.78, 5) is 37.7. The summed E-state index contributed by atoms with van der Waals surface area (Å²) < 4.78 is 21.4. The summed E-state index contributed by atoms with van der Waals surface area (Å²) in [6.07, 6.45) is 0.968. The van der Waals surface area contributed by atoms with Crippen LogP contribution in [-0.4, -0.2) is 27.7 Å². The molecule has 6 nitrogen and oxygen atoms in total. The molecule has 0 fully saturated rings. The molecule has 0 spiro atoms. The Morgan fingerprint density at radius 1 is 1.09 bits per heavy atom. The van der Waals surface area contributed by atoms with Gasteiger partial charge in [-0.1, -0.05) is 29.3 Å². The molecular formula is C24H20Cl2FNO5. The molecule has 0 unspecified atom stereocenters. The number of halogens is 3. The number of benzene rings is 2. The molecule has 3 aromatic rings. The number of hydrogen-bond donors (Lipinski definition) is 1. The first-order valence-electron chi connectivity index (χ1n) is 10.0. The summed E-state index contributed by atoms with van der Waals surface area (Å²) in [5, 5.41) is 10.4. The van der Waals surface area contributed by atoms with Crippen LogP contribution >= 0.6 is 23.2 Å². The molecule has 1 heterocycles. The van der Waals surface area contributed by atoms with Crippen molar-refractivity contribution in [1.29, 1.82) is 0 Å². The fraction of sp³-hybridized carbons (Fsp3) is 0.208. The van der Waals surface area contributed by atoms with Crippen LogP contribution in [0.1, 0.15) is 41.5 Å². The maximum atomic E-state index is 14.8. The molecule has 9 heteroatoms. The number of aryl methyl sites for hydroxylation is 1. The minimum Gasteiger partial charge on any atom is -0.477 e. The summed E-state index contributed by atoms with van der Waals surface area (Å²) in [5.74, 6) is -2.96. The Kier molecular flexibility index (Phi) is 7.25. The average Bonchev–Trinajstić information content (AvgIpc) is 2.75. The summed E-state index contributed by atoms with van der Waals surface area (Å²) >= 11 is 12.1. The topological polar surface area (TPSA) is 85.6 Å². The van der Waals surface area contributed by atoms with Crippen molar-refractivity contribution in [3.63, 3.8) is 0 Å². The van der Waals surface area contributed by atoms with E-state index in [-0.39, 0.29) is 39.0 Å². The second-order valence-corrected chi connectivity index (χ2v) is 8.28. The van der Waals surface area contributed by atoms with E-state index >= 15 is 0 Å². The highest BCUT2D eigenvalue weighted by Gasteiger charge is 2.25. The molecule has 1 N–H and O–H groups in total. The normalized spacial score (nSPS) is 11.0. The first kappa shape index (κ1) is 24.5. The van der Waals surface area contributed by atoms with E-state index in [2.05, 4.69) is 0 Å². The van der Waals surface area contributed by atoms with Crippen molar-refractivity contribution in [2.24, 2.45) is 0 Å². The molecule has 0 atom stereocenters. The second kappa shape index (κ2) is 9.77. The van der Waals surface area contributed by atoms with Gasteiger partial charge in [0.1, 0.15) is 11.4 Å². The van der Waals surface area contributed by atoms with Gasteiger partial charge in [-0.3, -0.25) is 4.79 Å². The van der Waals surface area contributed by atoms with Gasteiger partial charge < -0.3 is 14.4 Å². The fourth-order valence-electron chi connectivity index (χ4n) is 3.40. The molecule has 1 aromatic heterocycles. The van der Waals surface area contributed by atoms with E-state index in [9.17, 15) is 23.9 Å². The van der Waals surface area contributed by atoms with E-state index in [0.29, 0.717) is 5.56 Å². The van der Waals surface area contributed by atoms with Crippen molar-refractivity contribution < 1.29 is 23.8 Å². The van der Waals surface area contributed by atoms with E-state index in [4.69, 9.17) is 27.9 Å². The highest BCUT2D eigenvalue weighted by Crippen LogP contribution is 2.32. The smallest absolute Gasteiger partial charge is 0.341 e. The van der Waals surface area contributed by atoms with Crippen LogP contribution < -0.4 is 5.43 Å². The minimum atomic E-state index is -1.49. The Morgan fingerprint density at radius 3 is 2.36 bits per heavy atom. The lowest BCUT2D eigenvalue weighted by Gasteiger charge is -2.18. The zero-order chi connectivity index (χ0) is 24.4. The maximum Gasteiger partial charge on any atom is 0.341 e. The number of hydrogen-bond acceptors (Lipinski definition) is 4. The number of rotatable bonds is 6. The molecule has 2 aromatic carbocycles. The van der Waals surface area contributed by atoms with E-state index in [1.54, 1.807) is 26.8 Å². The number of aromatic nitrogens is 1. The SMILES string of the molecule is CCn1cc(-c2cc(C(=O)OC(C)C)ccc2F)c(=O)c(C(=O)O)c1-c1ccc(Cl)c(Cl)c1. The number of carbonyl (C=O) groups is 2. The Bertz CT molecular complexity index is 1320. The predicted octanol–water partition coefficient (Wildman–Crippen LogP) is 5.91. The Balaban J connectivity index is 2.31. The van der Waals surface area contributed by atoms with E-state index in [1.807, 2.05) is 0 Å². The van der Waals surface area contributed by atoms with Gasteiger partial charge in [0, 0.05) is 29.4 Å².